The summed E-state index contributed by atoms with van der Waals surface area (Å²) >= 11 is 7.43. The van der Waals surface area contributed by atoms with Gasteiger partial charge in [-0.3, -0.25) is 4.79 Å². The lowest BCUT2D eigenvalue weighted by Crippen LogP contribution is -2.38. The highest BCUT2D eigenvalue weighted by molar-refractivity contribution is 7.99. The SMILES string of the molecule is Cc1ccc(Sc2ccc(Cl)cc2)c(C(=O)N(C)C2CCS(=O)(=O)C2)c1. The van der Waals surface area contributed by atoms with Crippen LogP contribution in [0.1, 0.15) is 22.3 Å². The quantitative estimate of drug-likeness (QED) is 0.764. The smallest absolute Gasteiger partial charge is 0.255 e. The van der Waals surface area contributed by atoms with Gasteiger partial charge in [0.15, 0.2) is 9.84 Å². The Kier molecular flexibility index (Phi) is 5.65. The van der Waals surface area contributed by atoms with E-state index in [4.69, 9.17) is 11.6 Å². The van der Waals surface area contributed by atoms with E-state index in [2.05, 4.69) is 0 Å². The molecule has 138 valence electrons. The minimum absolute atomic E-state index is 0.0424. The molecule has 1 heterocycles. The van der Waals surface area contributed by atoms with E-state index in [9.17, 15) is 13.2 Å². The molecule has 0 spiro atoms. The first-order valence-electron chi connectivity index (χ1n) is 8.27. The fourth-order valence-corrected chi connectivity index (χ4v) is 5.78. The second-order valence-electron chi connectivity index (χ2n) is 6.53. The average molecular weight is 410 g/mol. The van der Waals surface area contributed by atoms with Gasteiger partial charge < -0.3 is 4.90 Å². The fraction of sp³-hybridized carbons (Fsp3) is 0.316. The molecule has 1 amide bonds. The van der Waals surface area contributed by atoms with Gasteiger partial charge in [0.2, 0.25) is 0 Å². The molecule has 0 aliphatic carbocycles. The normalized spacial score (nSPS) is 18.7. The second-order valence-corrected chi connectivity index (χ2v) is 10.3. The van der Waals surface area contributed by atoms with Crippen LogP contribution in [0.4, 0.5) is 0 Å². The molecule has 2 aromatic rings. The maximum absolute atomic E-state index is 13.1. The van der Waals surface area contributed by atoms with E-state index in [-0.39, 0.29) is 23.5 Å². The molecule has 0 aromatic heterocycles. The van der Waals surface area contributed by atoms with Gasteiger partial charge in [0.1, 0.15) is 0 Å². The first-order chi connectivity index (χ1) is 12.2. The van der Waals surface area contributed by atoms with E-state index in [0.717, 1.165) is 15.4 Å². The van der Waals surface area contributed by atoms with Crippen LogP contribution >= 0.6 is 23.4 Å². The molecule has 2 aromatic carbocycles. The number of sulfone groups is 1. The topological polar surface area (TPSA) is 54.5 Å². The fourth-order valence-electron chi connectivity index (χ4n) is 2.97. The molecule has 0 saturated carbocycles. The van der Waals surface area contributed by atoms with E-state index in [1.165, 1.54) is 11.8 Å². The molecule has 1 saturated heterocycles. The summed E-state index contributed by atoms with van der Waals surface area (Å²) in [7, 11) is -1.35. The van der Waals surface area contributed by atoms with Crippen LogP contribution < -0.4 is 0 Å². The number of aryl methyl sites for hydroxylation is 1. The van der Waals surface area contributed by atoms with Gasteiger partial charge in [-0.1, -0.05) is 35.0 Å². The van der Waals surface area contributed by atoms with Gasteiger partial charge in [0.25, 0.3) is 5.91 Å². The molecular weight excluding hydrogens is 390 g/mol. The summed E-state index contributed by atoms with van der Waals surface area (Å²) in [5.74, 6) is 0.0446. The third kappa shape index (κ3) is 4.42. The predicted octanol–water partition coefficient (Wildman–Crippen LogP) is 4.06. The zero-order valence-electron chi connectivity index (χ0n) is 14.6. The minimum atomic E-state index is -3.04. The van der Waals surface area contributed by atoms with Crippen LogP contribution in [0.3, 0.4) is 0 Å². The monoisotopic (exact) mass is 409 g/mol. The highest BCUT2D eigenvalue weighted by atomic mass is 35.5. The molecule has 1 fully saturated rings. The van der Waals surface area contributed by atoms with E-state index in [1.807, 2.05) is 49.4 Å². The van der Waals surface area contributed by atoms with Gasteiger partial charge in [-0.15, -0.1) is 0 Å². The summed E-state index contributed by atoms with van der Waals surface area (Å²) in [6.45, 7) is 1.94. The number of rotatable bonds is 4. The molecule has 1 aliphatic heterocycles. The van der Waals surface area contributed by atoms with Crippen LogP contribution in [0.2, 0.25) is 5.02 Å². The highest BCUT2D eigenvalue weighted by Crippen LogP contribution is 2.33. The third-order valence-electron chi connectivity index (χ3n) is 4.48. The lowest BCUT2D eigenvalue weighted by molar-refractivity contribution is 0.0744. The number of hydrogen-bond donors (Lipinski definition) is 0. The van der Waals surface area contributed by atoms with Gasteiger partial charge >= 0.3 is 0 Å². The maximum Gasteiger partial charge on any atom is 0.255 e. The minimum Gasteiger partial charge on any atom is -0.338 e. The summed E-state index contributed by atoms with van der Waals surface area (Å²) in [5, 5.41) is 0.664. The molecule has 0 N–H and O–H groups in total. The van der Waals surface area contributed by atoms with Gasteiger partial charge in [0.05, 0.1) is 17.1 Å². The lowest BCUT2D eigenvalue weighted by atomic mass is 10.1. The number of halogens is 1. The predicted molar refractivity (Wildman–Crippen MR) is 106 cm³/mol. The summed E-state index contributed by atoms with van der Waals surface area (Å²) in [6, 6.07) is 12.9. The summed E-state index contributed by atoms with van der Waals surface area (Å²) in [4.78, 5) is 16.5. The number of carbonyl (C=O) groups is 1. The van der Waals surface area contributed by atoms with Crippen molar-refractivity contribution in [1.82, 2.24) is 4.90 Å². The second kappa shape index (κ2) is 7.62. The van der Waals surface area contributed by atoms with Crippen molar-refractivity contribution in [2.24, 2.45) is 0 Å². The molecule has 26 heavy (non-hydrogen) atoms. The van der Waals surface area contributed by atoms with E-state index in [1.54, 1.807) is 11.9 Å². The summed E-state index contributed by atoms with van der Waals surface area (Å²) in [5.41, 5.74) is 1.58. The molecule has 7 heteroatoms. The number of hydrogen-bond acceptors (Lipinski definition) is 4. The molecule has 1 aliphatic rings. The average Bonchev–Trinajstić information content (AvgIpc) is 2.97. The van der Waals surface area contributed by atoms with Crippen molar-refractivity contribution in [3.63, 3.8) is 0 Å². The van der Waals surface area contributed by atoms with E-state index >= 15 is 0 Å². The van der Waals surface area contributed by atoms with Crippen LogP contribution in [0.5, 0.6) is 0 Å². The van der Waals surface area contributed by atoms with Crippen molar-refractivity contribution >= 4 is 39.1 Å². The molecule has 3 rings (SSSR count). The number of carbonyl (C=O) groups excluding carboxylic acids is 1. The zero-order chi connectivity index (χ0) is 18.9. The Labute approximate surface area is 163 Å². The van der Waals surface area contributed by atoms with Crippen molar-refractivity contribution in [2.75, 3.05) is 18.6 Å². The Morgan fingerprint density at radius 3 is 2.50 bits per heavy atom. The molecule has 1 unspecified atom stereocenters. The zero-order valence-corrected chi connectivity index (χ0v) is 17.0. The van der Waals surface area contributed by atoms with Crippen LogP contribution in [-0.2, 0) is 9.84 Å². The van der Waals surface area contributed by atoms with Crippen molar-refractivity contribution in [3.05, 3.63) is 58.6 Å². The van der Waals surface area contributed by atoms with Gasteiger partial charge in [0, 0.05) is 27.9 Å². The van der Waals surface area contributed by atoms with Gasteiger partial charge in [-0.25, -0.2) is 8.42 Å². The van der Waals surface area contributed by atoms with Gasteiger partial charge in [-0.2, -0.15) is 0 Å². The van der Waals surface area contributed by atoms with Crippen LogP contribution in [0, 0.1) is 6.92 Å². The van der Waals surface area contributed by atoms with Crippen molar-refractivity contribution < 1.29 is 13.2 Å². The first kappa shape index (κ1) is 19.3. The highest BCUT2D eigenvalue weighted by Gasteiger charge is 2.33. The first-order valence-corrected chi connectivity index (χ1v) is 11.3. The summed E-state index contributed by atoms with van der Waals surface area (Å²) < 4.78 is 23.5. The standard InChI is InChI=1S/C19H20ClNO3S2/c1-13-3-8-18(25-16-6-4-14(20)5-7-16)17(11-13)19(22)21(2)15-9-10-26(23,24)12-15/h3-8,11,15H,9-10,12H2,1-2H3. The molecular formula is C19H20ClNO3S2. The molecule has 4 nitrogen and oxygen atoms in total. The van der Waals surface area contributed by atoms with Crippen molar-refractivity contribution in [1.29, 1.82) is 0 Å². The van der Waals surface area contributed by atoms with Crippen LogP contribution in [0.25, 0.3) is 0 Å². The van der Waals surface area contributed by atoms with E-state index < -0.39 is 9.84 Å². The van der Waals surface area contributed by atoms with Gasteiger partial charge in [-0.05, 0) is 49.7 Å². The van der Waals surface area contributed by atoms with Crippen molar-refractivity contribution in [2.45, 2.75) is 29.2 Å². The molecule has 1 atom stereocenters. The Morgan fingerprint density at radius 2 is 1.88 bits per heavy atom. The largest absolute Gasteiger partial charge is 0.338 e. The number of nitrogens with zero attached hydrogens (tertiary/aromatic N) is 1. The number of amides is 1. The van der Waals surface area contributed by atoms with Crippen LogP contribution in [-0.4, -0.2) is 43.8 Å². The number of benzene rings is 2. The Balaban J connectivity index is 1.87. The van der Waals surface area contributed by atoms with Crippen LogP contribution in [0.15, 0.2) is 52.3 Å². The molecule has 0 radical (unpaired) electrons. The Morgan fingerprint density at radius 1 is 1.19 bits per heavy atom. The molecule has 0 bridgehead atoms. The maximum atomic E-state index is 13.1. The summed E-state index contributed by atoms with van der Waals surface area (Å²) in [6.07, 6.45) is 0.496. The Hall–Kier alpha value is -1.50. The Bertz CT molecular complexity index is 926. The lowest BCUT2D eigenvalue weighted by Gasteiger charge is -2.24. The van der Waals surface area contributed by atoms with Crippen molar-refractivity contribution in [3.8, 4) is 0 Å². The van der Waals surface area contributed by atoms with E-state index in [0.29, 0.717) is 17.0 Å². The third-order valence-corrected chi connectivity index (χ3v) is 7.57.